The van der Waals surface area contributed by atoms with Crippen molar-refractivity contribution in [1.29, 1.82) is 0 Å². The number of rotatable bonds is 5. The molecule has 0 fully saturated rings. The molecule has 0 saturated heterocycles. The van der Waals surface area contributed by atoms with Crippen LogP contribution in [0.3, 0.4) is 0 Å². The van der Waals surface area contributed by atoms with Crippen LogP contribution in [0.2, 0.25) is 10.0 Å². The van der Waals surface area contributed by atoms with Gasteiger partial charge in [0.05, 0.1) is 17.0 Å². The van der Waals surface area contributed by atoms with Gasteiger partial charge in [0, 0.05) is 15.6 Å². The van der Waals surface area contributed by atoms with Crippen LogP contribution in [0, 0.1) is 0 Å². The van der Waals surface area contributed by atoms with Crippen LogP contribution in [0.15, 0.2) is 83.5 Å². The van der Waals surface area contributed by atoms with Gasteiger partial charge in [-0.05, 0) is 61.0 Å². The van der Waals surface area contributed by atoms with Crippen molar-refractivity contribution in [3.8, 4) is 5.75 Å². The number of amides is 1. The maximum absolute atomic E-state index is 13.0. The second-order valence-electron chi connectivity index (χ2n) is 6.80. The van der Waals surface area contributed by atoms with Crippen molar-refractivity contribution in [3.05, 3.63) is 99.5 Å². The molecule has 0 radical (unpaired) electrons. The SMILES string of the molecule is CC1=NN(c2ccccc2)C(=O)/C1=C/c1cc(Cl)ccc1OCc1cccc(Cl)c1. The molecular formula is C24H18Cl2N2O2. The van der Waals surface area contributed by atoms with Crippen molar-refractivity contribution in [2.45, 2.75) is 13.5 Å². The van der Waals surface area contributed by atoms with Gasteiger partial charge >= 0.3 is 0 Å². The second kappa shape index (κ2) is 8.74. The Morgan fingerprint density at radius 2 is 1.73 bits per heavy atom. The van der Waals surface area contributed by atoms with Crippen LogP contribution in [-0.4, -0.2) is 11.6 Å². The van der Waals surface area contributed by atoms with E-state index in [9.17, 15) is 4.79 Å². The number of para-hydroxylation sites is 1. The van der Waals surface area contributed by atoms with Crippen molar-refractivity contribution in [2.75, 3.05) is 5.01 Å². The molecule has 1 aliphatic heterocycles. The molecule has 0 bridgehead atoms. The number of benzene rings is 3. The van der Waals surface area contributed by atoms with E-state index in [1.54, 1.807) is 24.3 Å². The first kappa shape index (κ1) is 20.2. The number of carbonyl (C=O) groups excluding carboxylic acids is 1. The largest absolute Gasteiger partial charge is 0.488 e. The van der Waals surface area contributed by atoms with Gasteiger partial charge in [0.1, 0.15) is 12.4 Å². The van der Waals surface area contributed by atoms with E-state index in [0.29, 0.717) is 44.9 Å². The standard InChI is InChI=1S/C24H18Cl2N2O2/c1-16-22(24(29)28(27-16)21-8-3-2-4-9-21)14-18-13-20(26)10-11-23(18)30-15-17-6-5-7-19(25)12-17/h2-14H,15H2,1H3/b22-14+. The molecule has 0 unspecified atom stereocenters. The minimum absolute atomic E-state index is 0.195. The maximum atomic E-state index is 13.0. The molecule has 30 heavy (non-hydrogen) atoms. The van der Waals surface area contributed by atoms with Gasteiger partial charge in [-0.15, -0.1) is 0 Å². The molecule has 0 atom stereocenters. The molecule has 0 spiro atoms. The Labute approximate surface area is 185 Å². The highest BCUT2D eigenvalue weighted by atomic mass is 35.5. The van der Waals surface area contributed by atoms with Crippen molar-refractivity contribution >= 4 is 46.6 Å². The van der Waals surface area contributed by atoms with Crippen molar-refractivity contribution in [2.24, 2.45) is 5.10 Å². The molecule has 1 heterocycles. The van der Waals surface area contributed by atoms with Gasteiger partial charge in [-0.25, -0.2) is 0 Å². The minimum atomic E-state index is -0.195. The van der Waals surface area contributed by atoms with E-state index in [1.807, 2.05) is 61.5 Å². The monoisotopic (exact) mass is 436 g/mol. The van der Waals surface area contributed by atoms with Crippen LogP contribution in [0.5, 0.6) is 5.75 Å². The summed E-state index contributed by atoms with van der Waals surface area (Å²) in [7, 11) is 0. The number of carbonyl (C=O) groups is 1. The molecule has 4 rings (SSSR count). The molecule has 1 aliphatic rings. The maximum Gasteiger partial charge on any atom is 0.280 e. The molecule has 0 saturated carbocycles. The van der Waals surface area contributed by atoms with Crippen LogP contribution < -0.4 is 9.75 Å². The highest BCUT2D eigenvalue weighted by molar-refractivity contribution is 6.33. The fourth-order valence-electron chi connectivity index (χ4n) is 3.14. The topological polar surface area (TPSA) is 41.9 Å². The van der Waals surface area contributed by atoms with E-state index in [0.717, 1.165) is 5.56 Å². The number of hydrogen-bond donors (Lipinski definition) is 0. The molecule has 1 amide bonds. The van der Waals surface area contributed by atoms with Gasteiger partial charge in [0.15, 0.2) is 0 Å². The summed E-state index contributed by atoms with van der Waals surface area (Å²) in [6, 6.07) is 22.1. The molecule has 0 N–H and O–H groups in total. The normalized spacial score (nSPS) is 14.9. The van der Waals surface area contributed by atoms with Crippen LogP contribution in [0.4, 0.5) is 5.69 Å². The Morgan fingerprint density at radius 1 is 0.967 bits per heavy atom. The van der Waals surface area contributed by atoms with E-state index in [-0.39, 0.29) is 5.91 Å². The third-order valence-corrected chi connectivity index (χ3v) is 5.09. The third-order valence-electron chi connectivity index (χ3n) is 4.62. The molecule has 0 aliphatic carbocycles. The molecule has 0 aromatic heterocycles. The van der Waals surface area contributed by atoms with E-state index in [4.69, 9.17) is 27.9 Å². The molecular weight excluding hydrogens is 419 g/mol. The number of hydrogen-bond acceptors (Lipinski definition) is 3. The Morgan fingerprint density at radius 3 is 2.50 bits per heavy atom. The Balaban J connectivity index is 1.62. The van der Waals surface area contributed by atoms with Crippen LogP contribution in [0.1, 0.15) is 18.1 Å². The quantitative estimate of drug-likeness (QED) is 0.435. The fraction of sp³-hybridized carbons (Fsp3) is 0.0833. The zero-order valence-corrected chi connectivity index (χ0v) is 17.7. The minimum Gasteiger partial charge on any atom is -0.488 e. The molecule has 150 valence electrons. The lowest BCUT2D eigenvalue weighted by atomic mass is 10.1. The highest BCUT2D eigenvalue weighted by Gasteiger charge is 2.28. The first-order valence-corrected chi connectivity index (χ1v) is 10.1. The van der Waals surface area contributed by atoms with Crippen molar-refractivity contribution < 1.29 is 9.53 Å². The van der Waals surface area contributed by atoms with E-state index >= 15 is 0 Å². The first-order chi connectivity index (χ1) is 14.5. The first-order valence-electron chi connectivity index (χ1n) is 9.35. The molecule has 4 nitrogen and oxygen atoms in total. The zero-order valence-electron chi connectivity index (χ0n) is 16.2. The number of anilines is 1. The van der Waals surface area contributed by atoms with Crippen LogP contribution in [-0.2, 0) is 11.4 Å². The van der Waals surface area contributed by atoms with Crippen molar-refractivity contribution in [1.82, 2.24) is 0 Å². The van der Waals surface area contributed by atoms with E-state index < -0.39 is 0 Å². The molecule has 3 aromatic rings. The Hall–Kier alpha value is -3.08. The lowest BCUT2D eigenvalue weighted by molar-refractivity contribution is -0.114. The zero-order chi connectivity index (χ0) is 21.1. The molecule has 3 aromatic carbocycles. The van der Waals surface area contributed by atoms with E-state index in [2.05, 4.69) is 5.10 Å². The van der Waals surface area contributed by atoms with Crippen molar-refractivity contribution in [3.63, 3.8) is 0 Å². The summed E-state index contributed by atoms with van der Waals surface area (Å²) in [6.07, 6.45) is 1.77. The predicted octanol–water partition coefficient (Wildman–Crippen LogP) is 6.38. The summed E-state index contributed by atoms with van der Waals surface area (Å²) in [5.41, 5.74) is 3.49. The third kappa shape index (κ3) is 4.40. The van der Waals surface area contributed by atoms with Gasteiger partial charge in [0.2, 0.25) is 0 Å². The summed E-state index contributed by atoms with van der Waals surface area (Å²) in [5.74, 6) is 0.421. The summed E-state index contributed by atoms with van der Waals surface area (Å²) in [4.78, 5) is 13.0. The van der Waals surface area contributed by atoms with Gasteiger partial charge in [-0.2, -0.15) is 10.1 Å². The smallest absolute Gasteiger partial charge is 0.280 e. The number of nitrogens with zero attached hydrogens (tertiary/aromatic N) is 2. The molecule has 6 heteroatoms. The summed E-state index contributed by atoms with van der Waals surface area (Å²) in [6.45, 7) is 2.15. The average Bonchev–Trinajstić information content (AvgIpc) is 3.02. The Kier molecular flexibility index (Phi) is 5.88. The predicted molar refractivity (Wildman–Crippen MR) is 122 cm³/mol. The summed E-state index contributed by atoms with van der Waals surface area (Å²) in [5, 5.41) is 7.02. The van der Waals surface area contributed by atoms with Gasteiger partial charge in [0.25, 0.3) is 5.91 Å². The highest BCUT2D eigenvalue weighted by Crippen LogP contribution is 2.30. The number of ether oxygens (including phenoxy) is 1. The van der Waals surface area contributed by atoms with Gasteiger partial charge in [-0.3, -0.25) is 4.79 Å². The van der Waals surface area contributed by atoms with Gasteiger partial charge < -0.3 is 4.74 Å². The number of hydrazone groups is 1. The Bertz CT molecular complexity index is 1160. The summed E-state index contributed by atoms with van der Waals surface area (Å²) >= 11 is 12.3. The summed E-state index contributed by atoms with van der Waals surface area (Å²) < 4.78 is 6.00. The van der Waals surface area contributed by atoms with Crippen LogP contribution >= 0.6 is 23.2 Å². The van der Waals surface area contributed by atoms with E-state index in [1.165, 1.54) is 5.01 Å². The lowest BCUT2D eigenvalue weighted by Crippen LogP contribution is -2.21. The van der Waals surface area contributed by atoms with Gasteiger partial charge in [-0.1, -0.05) is 53.5 Å². The van der Waals surface area contributed by atoms with Crippen LogP contribution in [0.25, 0.3) is 6.08 Å². The second-order valence-corrected chi connectivity index (χ2v) is 7.67. The average molecular weight is 437 g/mol. The number of halogens is 2. The lowest BCUT2D eigenvalue weighted by Gasteiger charge is -2.12. The fourth-order valence-corrected chi connectivity index (χ4v) is 3.53.